The Labute approximate surface area is 149 Å². The molecule has 0 spiro atoms. The van der Waals surface area contributed by atoms with Gasteiger partial charge in [0.1, 0.15) is 5.58 Å². The molecule has 26 heavy (non-hydrogen) atoms. The van der Waals surface area contributed by atoms with Crippen molar-refractivity contribution in [2.45, 2.75) is 6.42 Å². The molecule has 124 valence electrons. The first-order valence-electron chi connectivity index (χ1n) is 8.58. The summed E-state index contributed by atoms with van der Waals surface area (Å²) in [6, 6.07) is 25.6. The normalized spacial score (nSPS) is 11.4. The van der Waals surface area contributed by atoms with Crippen LogP contribution in [-0.4, -0.2) is 4.98 Å². The van der Waals surface area contributed by atoms with Crippen LogP contribution in [0.3, 0.4) is 0 Å². The third-order valence-corrected chi connectivity index (χ3v) is 4.80. The van der Waals surface area contributed by atoms with Crippen molar-refractivity contribution >= 4 is 32.8 Å². The zero-order chi connectivity index (χ0) is 17.5. The zero-order valence-corrected chi connectivity index (χ0v) is 14.0. The number of benzene rings is 3. The minimum absolute atomic E-state index is 0.318. The number of pyridine rings is 1. The van der Waals surface area contributed by atoms with E-state index in [1.54, 1.807) is 6.07 Å². The summed E-state index contributed by atoms with van der Waals surface area (Å²) < 4.78 is 5.35. The van der Waals surface area contributed by atoms with Crippen molar-refractivity contribution in [3.05, 3.63) is 100 Å². The number of hydrogen-bond acceptors (Lipinski definition) is 3. The van der Waals surface area contributed by atoms with E-state index in [0.717, 1.165) is 32.8 Å². The van der Waals surface area contributed by atoms with E-state index in [1.165, 1.54) is 5.56 Å². The molecule has 0 amide bonds. The average molecular weight is 337 g/mol. The SMILES string of the molecule is O=c1cc(Cc2c3ccccc3nc3ccccc23)c2ccccc2o1. The Morgan fingerprint density at radius 2 is 1.31 bits per heavy atom. The van der Waals surface area contributed by atoms with Crippen molar-refractivity contribution in [1.29, 1.82) is 0 Å². The van der Waals surface area contributed by atoms with Crippen molar-refractivity contribution in [2.24, 2.45) is 0 Å². The van der Waals surface area contributed by atoms with Crippen molar-refractivity contribution in [2.75, 3.05) is 0 Å². The highest BCUT2D eigenvalue weighted by Crippen LogP contribution is 2.29. The molecule has 2 aromatic heterocycles. The van der Waals surface area contributed by atoms with E-state index in [4.69, 9.17) is 9.40 Å². The summed E-state index contributed by atoms with van der Waals surface area (Å²) in [7, 11) is 0. The molecular formula is C23H15NO2. The molecule has 0 saturated carbocycles. The summed E-state index contributed by atoms with van der Waals surface area (Å²) in [5.74, 6) is 0. The number of para-hydroxylation sites is 3. The molecule has 0 aliphatic carbocycles. The van der Waals surface area contributed by atoms with Crippen LogP contribution >= 0.6 is 0 Å². The van der Waals surface area contributed by atoms with Gasteiger partial charge in [-0.3, -0.25) is 0 Å². The van der Waals surface area contributed by atoms with E-state index in [1.807, 2.05) is 60.7 Å². The van der Waals surface area contributed by atoms with Gasteiger partial charge >= 0.3 is 5.63 Å². The fraction of sp³-hybridized carbons (Fsp3) is 0.0435. The molecule has 0 aliphatic heterocycles. The molecule has 3 heteroatoms. The van der Waals surface area contributed by atoms with E-state index >= 15 is 0 Å². The monoisotopic (exact) mass is 337 g/mol. The molecule has 2 heterocycles. The first kappa shape index (κ1) is 14.8. The fourth-order valence-corrected chi connectivity index (χ4v) is 3.63. The summed E-state index contributed by atoms with van der Waals surface area (Å²) >= 11 is 0. The summed E-state index contributed by atoms with van der Waals surface area (Å²) in [5, 5.41) is 3.20. The van der Waals surface area contributed by atoms with Gasteiger partial charge in [0, 0.05) is 22.2 Å². The van der Waals surface area contributed by atoms with Crippen LogP contribution in [0.1, 0.15) is 11.1 Å². The van der Waals surface area contributed by atoms with Gasteiger partial charge in [-0.05, 0) is 35.7 Å². The molecule has 0 saturated heterocycles. The van der Waals surface area contributed by atoms with Gasteiger partial charge in [0.15, 0.2) is 0 Å². The van der Waals surface area contributed by atoms with Crippen LogP contribution in [-0.2, 0) is 6.42 Å². The van der Waals surface area contributed by atoms with Crippen LogP contribution in [0.25, 0.3) is 32.8 Å². The lowest BCUT2D eigenvalue weighted by Gasteiger charge is -2.12. The Morgan fingerprint density at radius 3 is 2.00 bits per heavy atom. The van der Waals surface area contributed by atoms with Crippen LogP contribution in [0.5, 0.6) is 0 Å². The minimum Gasteiger partial charge on any atom is -0.423 e. The number of hydrogen-bond donors (Lipinski definition) is 0. The van der Waals surface area contributed by atoms with E-state index in [9.17, 15) is 4.79 Å². The van der Waals surface area contributed by atoms with Crippen LogP contribution in [0.4, 0.5) is 0 Å². The standard InChI is InChI=1S/C23H15NO2/c25-23-14-15(16-7-3-6-12-22(16)26-23)13-19-17-8-1-4-10-20(17)24-21-11-5-2-9-18(19)21/h1-12,14H,13H2. The maximum Gasteiger partial charge on any atom is 0.336 e. The maximum absolute atomic E-state index is 12.0. The molecule has 3 nitrogen and oxygen atoms in total. The molecule has 5 rings (SSSR count). The van der Waals surface area contributed by atoms with Crippen molar-refractivity contribution in [1.82, 2.24) is 4.98 Å². The van der Waals surface area contributed by atoms with Gasteiger partial charge in [0.25, 0.3) is 0 Å². The second-order valence-electron chi connectivity index (χ2n) is 6.39. The topological polar surface area (TPSA) is 43.1 Å². The maximum atomic E-state index is 12.0. The van der Waals surface area contributed by atoms with Gasteiger partial charge in [-0.1, -0.05) is 54.6 Å². The highest BCUT2D eigenvalue weighted by Gasteiger charge is 2.12. The molecule has 0 bridgehead atoms. The number of fused-ring (bicyclic) bond motifs is 3. The minimum atomic E-state index is -0.318. The summed E-state index contributed by atoms with van der Waals surface area (Å²) in [5.41, 5.74) is 4.39. The lowest BCUT2D eigenvalue weighted by molar-refractivity contribution is 0.559. The predicted octanol–water partition coefficient (Wildman–Crippen LogP) is 5.09. The van der Waals surface area contributed by atoms with Gasteiger partial charge < -0.3 is 4.42 Å². The molecule has 0 fully saturated rings. The molecule has 0 atom stereocenters. The molecule has 0 N–H and O–H groups in total. The van der Waals surface area contributed by atoms with Crippen molar-refractivity contribution < 1.29 is 4.42 Å². The zero-order valence-electron chi connectivity index (χ0n) is 14.0. The highest BCUT2D eigenvalue weighted by atomic mass is 16.4. The molecule has 0 unspecified atom stereocenters. The Kier molecular flexibility index (Phi) is 3.32. The number of nitrogens with zero attached hydrogens (tertiary/aromatic N) is 1. The second kappa shape index (κ2) is 5.81. The van der Waals surface area contributed by atoms with Gasteiger partial charge in [-0.25, -0.2) is 9.78 Å². The largest absolute Gasteiger partial charge is 0.423 e. The number of rotatable bonds is 2. The van der Waals surface area contributed by atoms with Gasteiger partial charge in [0.2, 0.25) is 0 Å². The third kappa shape index (κ3) is 2.37. The smallest absolute Gasteiger partial charge is 0.336 e. The summed E-state index contributed by atoms with van der Waals surface area (Å²) in [6.07, 6.45) is 0.648. The van der Waals surface area contributed by atoms with E-state index in [-0.39, 0.29) is 5.63 Å². The first-order valence-corrected chi connectivity index (χ1v) is 8.58. The average Bonchev–Trinajstić information content (AvgIpc) is 2.67. The predicted molar refractivity (Wildman–Crippen MR) is 105 cm³/mol. The third-order valence-electron chi connectivity index (χ3n) is 4.80. The quantitative estimate of drug-likeness (QED) is 0.333. The van der Waals surface area contributed by atoms with Gasteiger partial charge in [-0.2, -0.15) is 0 Å². The second-order valence-corrected chi connectivity index (χ2v) is 6.39. The molecule has 3 aromatic carbocycles. The Balaban J connectivity index is 1.83. The van der Waals surface area contributed by atoms with Crippen molar-refractivity contribution in [3.63, 3.8) is 0 Å². The summed E-state index contributed by atoms with van der Waals surface area (Å²) in [4.78, 5) is 16.8. The molecule has 0 aliphatic rings. The molecular weight excluding hydrogens is 322 g/mol. The van der Waals surface area contributed by atoms with E-state index in [0.29, 0.717) is 12.0 Å². The molecule has 5 aromatic rings. The summed E-state index contributed by atoms with van der Waals surface area (Å²) in [6.45, 7) is 0. The Morgan fingerprint density at radius 1 is 0.731 bits per heavy atom. The highest BCUT2D eigenvalue weighted by molar-refractivity contribution is 5.98. The Bertz CT molecular complexity index is 1280. The van der Waals surface area contributed by atoms with Gasteiger partial charge in [-0.15, -0.1) is 0 Å². The fourth-order valence-electron chi connectivity index (χ4n) is 3.63. The van der Waals surface area contributed by atoms with Gasteiger partial charge in [0.05, 0.1) is 11.0 Å². The molecule has 0 radical (unpaired) electrons. The van der Waals surface area contributed by atoms with E-state index < -0.39 is 0 Å². The van der Waals surface area contributed by atoms with E-state index in [2.05, 4.69) is 12.1 Å². The number of aromatic nitrogens is 1. The van der Waals surface area contributed by atoms with Crippen LogP contribution < -0.4 is 5.63 Å². The van der Waals surface area contributed by atoms with Crippen LogP contribution in [0.2, 0.25) is 0 Å². The van der Waals surface area contributed by atoms with Crippen LogP contribution in [0.15, 0.2) is 88.1 Å². The van der Waals surface area contributed by atoms with Crippen LogP contribution in [0, 0.1) is 0 Å². The lowest BCUT2D eigenvalue weighted by Crippen LogP contribution is -2.02. The first-order chi connectivity index (χ1) is 12.8. The van der Waals surface area contributed by atoms with Crippen molar-refractivity contribution in [3.8, 4) is 0 Å². The lowest BCUT2D eigenvalue weighted by atomic mass is 9.95. The Hall–Kier alpha value is -3.46.